The van der Waals surface area contributed by atoms with Crippen LogP contribution in [0.1, 0.15) is 64.7 Å². The number of fused-ring (bicyclic) bond motifs is 1. The number of nitriles is 1. The van der Waals surface area contributed by atoms with Gasteiger partial charge in [0, 0.05) is 11.5 Å². The zero-order valence-electron chi connectivity index (χ0n) is 15.9. The number of benzene rings is 1. The van der Waals surface area contributed by atoms with E-state index in [9.17, 15) is 15.2 Å². The van der Waals surface area contributed by atoms with Gasteiger partial charge >= 0.3 is 5.97 Å². The van der Waals surface area contributed by atoms with Crippen molar-refractivity contribution >= 4 is 34.3 Å². The summed E-state index contributed by atoms with van der Waals surface area (Å²) in [5.74, 6) is -0.871. The lowest BCUT2D eigenvalue weighted by atomic mass is 10.0. The number of pyridine rings is 1. The summed E-state index contributed by atoms with van der Waals surface area (Å²) in [5, 5.41) is 22.2. The van der Waals surface area contributed by atoms with Gasteiger partial charge in [-0.2, -0.15) is 5.26 Å². The molecular weight excluding hydrogens is 390 g/mol. The molecule has 1 fully saturated rings. The summed E-state index contributed by atoms with van der Waals surface area (Å²) in [4.78, 5) is 24.8. The minimum Gasteiger partial charge on any atom is -0.476 e. The van der Waals surface area contributed by atoms with E-state index in [0.717, 1.165) is 35.2 Å². The molecule has 2 aromatic heterocycles. The first-order valence-corrected chi connectivity index (χ1v) is 9.64. The molecule has 2 N–H and O–H groups in total. The normalized spacial score (nSPS) is 14.4. The molecule has 1 aliphatic carbocycles. The van der Waals surface area contributed by atoms with Gasteiger partial charge in [0.05, 0.1) is 28.5 Å². The highest BCUT2D eigenvalue weighted by molar-refractivity contribution is 6.29. The average molecular weight is 408 g/mol. The first-order chi connectivity index (χ1) is 13.9. The molecule has 0 aliphatic heterocycles. The molecule has 1 atom stereocenters. The van der Waals surface area contributed by atoms with Crippen LogP contribution in [0.5, 0.6) is 0 Å². The van der Waals surface area contributed by atoms with Gasteiger partial charge in [-0.3, -0.25) is 0 Å². The Balaban J connectivity index is 1.80. The van der Waals surface area contributed by atoms with Crippen molar-refractivity contribution < 1.29 is 9.90 Å². The van der Waals surface area contributed by atoms with Crippen LogP contribution >= 0.6 is 11.6 Å². The standard InChI is InChI=1S/C21H18ClN5O2/c1-10-7-13(11(2)24-14-5-6-17(22)26-20(14)21(28)29)19-15(8-10)25-16(9-23)18(27-19)12-3-4-12/h5-8,11-12,24H,3-4H2,1-2H3,(H,28,29). The van der Waals surface area contributed by atoms with Crippen molar-refractivity contribution in [2.24, 2.45) is 0 Å². The van der Waals surface area contributed by atoms with Crippen molar-refractivity contribution in [3.63, 3.8) is 0 Å². The topological polar surface area (TPSA) is 112 Å². The number of carboxylic acids is 1. The van der Waals surface area contributed by atoms with E-state index >= 15 is 0 Å². The van der Waals surface area contributed by atoms with Crippen molar-refractivity contribution in [3.8, 4) is 6.07 Å². The summed E-state index contributed by atoms with van der Waals surface area (Å²) in [6, 6.07) is 8.95. The minimum atomic E-state index is -1.16. The lowest BCUT2D eigenvalue weighted by Crippen LogP contribution is -2.13. The number of anilines is 1. The number of halogens is 1. The van der Waals surface area contributed by atoms with Crippen molar-refractivity contribution in [3.05, 3.63) is 57.6 Å². The van der Waals surface area contributed by atoms with E-state index in [-0.39, 0.29) is 22.8 Å². The Bertz CT molecular complexity index is 1180. The predicted molar refractivity (Wildman–Crippen MR) is 109 cm³/mol. The molecule has 1 saturated carbocycles. The average Bonchev–Trinajstić information content (AvgIpc) is 3.52. The summed E-state index contributed by atoms with van der Waals surface area (Å²) in [7, 11) is 0. The van der Waals surface area contributed by atoms with Crippen LogP contribution in [0.2, 0.25) is 5.15 Å². The van der Waals surface area contributed by atoms with Crippen LogP contribution in [0.4, 0.5) is 5.69 Å². The summed E-state index contributed by atoms with van der Waals surface area (Å²) >= 11 is 5.85. The van der Waals surface area contributed by atoms with E-state index in [2.05, 4.69) is 21.4 Å². The van der Waals surface area contributed by atoms with E-state index in [4.69, 9.17) is 16.6 Å². The molecule has 29 heavy (non-hydrogen) atoms. The summed E-state index contributed by atoms with van der Waals surface area (Å²) in [6.45, 7) is 3.87. The van der Waals surface area contributed by atoms with Crippen LogP contribution in [-0.2, 0) is 0 Å². The second kappa shape index (κ2) is 7.30. The lowest BCUT2D eigenvalue weighted by molar-refractivity contribution is 0.0691. The molecule has 0 amide bonds. The third-order valence-corrected chi connectivity index (χ3v) is 5.15. The number of carboxylic acid groups (broad SMARTS) is 1. The van der Waals surface area contributed by atoms with Crippen LogP contribution in [0, 0.1) is 18.3 Å². The fourth-order valence-electron chi connectivity index (χ4n) is 3.42. The number of nitrogens with one attached hydrogen (secondary N) is 1. The molecule has 2 heterocycles. The zero-order valence-corrected chi connectivity index (χ0v) is 16.7. The fourth-order valence-corrected chi connectivity index (χ4v) is 3.57. The van der Waals surface area contributed by atoms with Gasteiger partial charge in [-0.05, 0) is 50.5 Å². The maximum absolute atomic E-state index is 11.5. The number of rotatable bonds is 5. The second-order valence-corrected chi connectivity index (χ2v) is 7.65. The first kappa shape index (κ1) is 19.1. The monoisotopic (exact) mass is 407 g/mol. The molecule has 3 aromatic rings. The van der Waals surface area contributed by atoms with Gasteiger partial charge in [0.1, 0.15) is 11.2 Å². The number of nitrogens with zero attached hydrogens (tertiary/aromatic N) is 4. The first-order valence-electron chi connectivity index (χ1n) is 9.26. The van der Waals surface area contributed by atoms with E-state index in [1.165, 1.54) is 0 Å². The highest BCUT2D eigenvalue weighted by atomic mass is 35.5. The Kier molecular flexibility index (Phi) is 4.81. The van der Waals surface area contributed by atoms with Crippen LogP contribution in [0.15, 0.2) is 24.3 Å². The molecule has 0 saturated heterocycles. The van der Waals surface area contributed by atoms with Crippen LogP contribution in [0.25, 0.3) is 11.0 Å². The SMILES string of the molecule is Cc1cc(C(C)Nc2ccc(Cl)nc2C(=O)O)c2nc(C3CC3)c(C#N)nc2c1. The van der Waals surface area contributed by atoms with Gasteiger partial charge in [-0.1, -0.05) is 17.7 Å². The molecule has 0 spiro atoms. The van der Waals surface area contributed by atoms with Crippen molar-refractivity contribution in [1.29, 1.82) is 5.26 Å². The van der Waals surface area contributed by atoms with Crippen LogP contribution in [0.3, 0.4) is 0 Å². The maximum Gasteiger partial charge on any atom is 0.356 e. The van der Waals surface area contributed by atoms with Gasteiger partial charge in [-0.15, -0.1) is 0 Å². The quantitative estimate of drug-likeness (QED) is 0.594. The largest absolute Gasteiger partial charge is 0.476 e. The van der Waals surface area contributed by atoms with Gasteiger partial charge in [0.25, 0.3) is 0 Å². The molecule has 1 aliphatic rings. The molecule has 8 heteroatoms. The number of aromatic carboxylic acids is 1. The van der Waals surface area contributed by atoms with Crippen molar-refractivity contribution in [2.75, 3.05) is 5.32 Å². The molecule has 0 radical (unpaired) electrons. The summed E-state index contributed by atoms with van der Waals surface area (Å²) < 4.78 is 0. The molecule has 7 nitrogen and oxygen atoms in total. The van der Waals surface area contributed by atoms with E-state index in [1.54, 1.807) is 12.1 Å². The van der Waals surface area contributed by atoms with E-state index in [1.807, 2.05) is 26.0 Å². The maximum atomic E-state index is 11.5. The molecule has 4 rings (SSSR count). The predicted octanol–water partition coefficient (Wildman–Crippen LogP) is 4.61. The van der Waals surface area contributed by atoms with E-state index < -0.39 is 5.97 Å². The Labute approximate surface area is 172 Å². The lowest BCUT2D eigenvalue weighted by Gasteiger charge is -2.19. The van der Waals surface area contributed by atoms with Crippen molar-refractivity contribution in [1.82, 2.24) is 15.0 Å². The molecule has 146 valence electrons. The minimum absolute atomic E-state index is 0.116. The molecule has 0 bridgehead atoms. The van der Waals surface area contributed by atoms with Crippen LogP contribution in [-0.4, -0.2) is 26.0 Å². The van der Waals surface area contributed by atoms with Gasteiger partial charge < -0.3 is 10.4 Å². The highest BCUT2D eigenvalue weighted by Gasteiger charge is 2.29. The Morgan fingerprint density at radius 2 is 2.07 bits per heavy atom. The summed E-state index contributed by atoms with van der Waals surface area (Å²) in [6.07, 6.45) is 2.03. The second-order valence-electron chi connectivity index (χ2n) is 7.27. The Morgan fingerprint density at radius 3 is 2.72 bits per heavy atom. The third-order valence-electron chi connectivity index (χ3n) is 4.94. The molecule has 1 unspecified atom stereocenters. The number of hydrogen-bond acceptors (Lipinski definition) is 6. The fraction of sp³-hybridized carbons (Fsp3) is 0.286. The number of carbonyl (C=O) groups is 1. The van der Waals surface area contributed by atoms with Crippen molar-refractivity contribution in [2.45, 2.75) is 38.6 Å². The molecular formula is C21H18ClN5O2. The van der Waals surface area contributed by atoms with Crippen LogP contribution < -0.4 is 5.32 Å². The third kappa shape index (κ3) is 3.71. The Morgan fingerprint density at radius 1 is 1.31 bits per heavy atom. The van der Waals surface area contributed by atoms with Gasteiger partial charge in [-0.25, -0.2) is 19.7 Å². The Hall–Kier alpha value is -3.24. The zero-order chi connectivity index (χ0) is 20.7. The molecule has 1 aromatic carbocycles. The number of hydrogen-bond donors (Lipinski definition) is 2. The van der Waals surface area contributed by atoms with Gasteiger partial charge in [0.15, 0.2) is 11.4 Å². The number of aryl methyl sites for hydroxylation is 1. The number of aromatic nitrogens is 3. The van der Waals surface area contributed by atoms with Gasteiger partial charge in [0.2, 0.25) is 0 Å². The highest BCUT2D eigenvalue weighted by Crippen LogP contribution is 2.41. The van der Waals surface area contributed by atoms with E-state index in [0.29, 0.717) is 16.9 Å². The smallest absolute Gasteiger partial charge is 0.356 e. The summed E-state index contributed by atoms with van der Waals surface area (Å²) in [5.41, 5.74) is 4.59.